The van der Waals surface area contributed by atoms with E-state index in [-0.39, 0.29) is 35.1 Å². The monoisotopic (exact) mass is 772 g/mol. The van der Waals surface area contributed by atoms with Gasteiger partial charge in [0.05, 0.1) is 11.5 Å². The van der Waals surface area contributed by atoms with Gasteiger partial charge in [-0.05, 0) is 80.1 Å². The Kier molecular flexibility index (Phi) is 11.1. The molecule has 1 aliphatic carbocycles. The van der Waals surface area contributed by atoms with E-state index in [1.807, 2.05) is 6.92 Å². The standard InChI is InChI=1S/C37H33F9N2O4S/c1-3-47-17-15-23(2)24-16-18-48(21-24)33(49)25-19-34(20-25,53(50,51)29-13-11-28(38)12-14-29)26-7-9-27(10-8-26)35(36(41,42)43,37(44,45)46)52-22-30-31(39)5-4-6-32(30)40/h3-15,17,24-25H,1,16,18-22H2,2H3/b23-15?,47-17-/t24?,25-,34+. The van der Waals surface area contributed by atoms with Crippen LogP contribution in [0.3, 0.4) is 0 Å². The molecule has 3 aromatic rings. The highest BCUT2D eigenvalue weighted by molar-refractivity contribution is 7.92. The molecule has 0 spiro atoms. The van der Waals surface area contributed by atoms with E-state index >= 15 is 0 Å². The second-order valence-corrected chi connectivity index (χ2v) is 15.2. The van der Waals surface area contributed by atoms with Gasteiger partial charge in [-0.15, -0.1) is 0 Å². The fraction of sp³-hybridized carbons (Fsp3) is 0.351. The zero-order valence-corrected chi connectivity index (χ0v) is 28.8. The van der Waals surface area contributed by atoms with E-state index in [1.165, 1.54) is 6.20 Å². The van der Waals surface area contributed by atoms with Gasteiger partial charge in [-0.2, -0.15) is 26.3 Å². The van der Waals surface area contributed by atoms with Crippen LogP contribution < -0.4 is 0 Å². The van der Waals surface area contributed by atoms with Crippen molar-refractivity contribution in [3.8, 4) is 0 Å². The zero-order valence-electron chi connectivity index (χ0n) is 28.0. The Morgan fingerprint density at radius 1 is 0.925 bits per heavy atom. The maximum absolute atomic E-state index is 14.5. The van der Waals surface area contributed by atoms with E-state index in [4.69, 9.17) is 0 Å². The maximum Gasteiger partial charge on any atom is 0.430 e. The molecule has 1 unspecified atom stereocenters. The molecule has 5 rings (SSSR count). The van der Waals surface area contributed by atoms with E-state index < -0.39 is 73.6 Å². The summed E-state index contributed by atoms with van der Waals surface area (Å²) in [5.74, 6) is -4.89. The van der Waals surface area contributed by atoms with Crippen molar-refractivity contribution >= 4 is 22.0 Å². The van der Waals surface area contributed by atoms with Crippen LogP contribution in [0.1, 0.15) is 42.9 Å². The van der Waals surface area contributed by atoms with E-state index in [2.05, 4.69) is 16.3 Å². The number of hydrogen-bond donors (Lipinski definition) is 0. The number of allylic oxidation sites excluding steroid dienone is 1. The molecule has 1 atom stereocenters. The highest BCUT2D eigenvalue weighted by Crippen LogP contribution is 2.57. The van der Waals surface area contributed by atoms with E-state index in [0.717, 1.165) is 48.0 Å². The molecule has 1 saturated carbocycles. The Labute approximate surface area is 299 Å². The van der Waals surface area contributed by atoms with Crippen molar-refractivity contribution in [3.63, 3.8) is 0 Å². The molecule has 1 heterocycles. The summed E-state index contributed by atoms with van der Waals surface area (Å²) in [6.07, 6.45) is -7.88. The number of halogens is 9. The number of carbonyl (C=O) groups is 1. The number of benzene rings is 3. The van der Waals surface area contributed by atoms with Crippen molar-refractivity contribution in [1.82, 2.24) is 4.90 Å². The first-order chi connectivity index (χ1) is 24.8. The van der Waals surface area contributed by atoms with Crippen LogP contribution in [0.4, 0.5) is 39.5 Å². The quantitative estimate of drug-likeness (QED) is 0.111. The highest BCUT2D eigenvalue weighted by Gasteiger charge is 2.73. The Hall–Kier alpha value is -4.44. The molecule has 2 aliphatic rings. The highest BCUT2D eigenvalue weighted by atomic mass is 32.2. The van der Waals surface area contributed by atoms with Gasteiger partial charge in [-0.3, -0.25) is 9.79 Å². The van der Waals surface area contributed by atoms with Gasteiger partial charge < -0.3 is 9.64 Å². The third-order valence-electron chi connectivity index (χ3n) is 9.92. The molecule has 53 heavy (non-hydrogen) atoms. The molecule has 0 aromatic heterocycles. The summed E-state index contributed by atoms with van der Waals surface area (Å²) in [6.45, 7) is 4.31. The van der Waals surface area contributed by atoms with E-state index in [0.29, 0.717) is 43.8 Å². The molecule has 284 valence electrons. The lowest BCUT2D eigenvalue weighted by Gasteiger charge is -2.47. The Bertz CT molecular complexity index is 1970. The SMILES string of the molecule is C=C/N=C\C=C(C)C1CCN(C(=O)[C@H]2C[C@@](c3ccc(C(OCc4c(F)cccc4F)(C(F)(F)F)C(F)(F)F)cc3)(S(=O)(=O)c3ccc(F)cc3)C2)C1. The van der Waals surface area contributed by atoms with E-state index in [9.17, 15) is 52.7 Å². The third-order valence-corrected chi connectivity index (χ3v) is 12.4. The number of aliphatic imine (C=N–C) groups is 1. The lowest BCUT2D eigenvalue weighted by molar-refractivity contribution is -0.392. The Morgan fingerprint density at radius 3 is 2.06 bits per heavy atom. The number of ether oxygens (including phenoxy) is 1. The fourth-order valence-corrected chi connectivity index (χ4v) is 9.14. The molecule has 2 fully saturated rings. The van der Waals surface area contributed by atoms with Gasteiger partial charge in [0.25, 0.3) is 5.60 Å². The minimum atomic E-state index is -6.22. The lowest BCUT2D eigenvalue weighted by Crippen LogP contribution is -2.56. The average Bonchev–Trinajstić information content (AvgIpc) is 3.56. The summed E-state index contributed by atoms with van der Waals surface area (Å²) in [6, 6.07) is 8.15. The number of nitrogens with zero attached hydrogens (tertiary/aromatic N) is 2. The number of rotatable bonds is 11. The van der Waals surface area contributed by atoms with Crippen LogP contribution >= 0.6 is 0 Å². The van der Waals surface area contributed by atoms with Crippen molar-refractivity contribution in [2.75, 3.05) is 13.1 Å². The first kappa shape index (κ1) is 39.8. The summed E-state index contributed by atoms with van der Waals surface area (Å²) in [7, 11) is -4.55. The minimum absolute atomic E-state index is 0.00447. The van der Waals surface area contributed by atoms with Crippen LogP contribution in [0.2, 0.25) is 0 Å². The van der Waals surface area contributed by atoms with Crippen molar-refractivity contribution in [2.45, 2.75) is 60.4 Å². The summed E-state index contributed by atoms with van der Waals surface area (Å²) in [5, 5.41) is 0. The van der Waals surface area contributed by atoms with Crippen molar-refractivity contribution < 1.29 is 57.5 Å². The third kappa shape index (κ3) is 7.27. The normalized spacial score (nSPS) is 21.5. The smallest absolute Gasteiger partial charge is 0.349 e. The van der Waals surface area contributed by atoms with Gasteiger partial charge in [0.1, 0.15) is 22.2 Å². The van der Waals surface area contributed by atoms with Crippen molar-refractivity contribution in [3.05, 3.63) is 125 Å². The average molecular weight is 773 g/mol. The molecular formula is C37H33F9N2O4S. The molecule has 1 aliphatic heterocycles. The summed E-state index contributed by atoms with van der Waals surface area (Å²) in [4.78, 5) is 18.7. The van der Waals surface area contributed by atoms with Crippen LogP contribution in [0.5, 0.6) is 0 Å². The molecule has 1 amide bonds. The number of carbonyl (C=O) groups excluding carboxylic acids is 1. The predicted octanol–water partition coefficient (Wildman–Crippen LogP) is 8.73. The topological polar surface area (TPSA) is 76.0 Å². The van der Waals surface area contributed by atoms with Gasteiger partial charge in [-0.25, -0.2) is 21.6 Å². The number of likely N-dealkylation sites (tertiary alicyclic amines) is 1. The van der Waals surface area contributed by atoms with Gasteiger partial charge in [0, 0.05) is 42.5 Å². The molecule has 16 heteroatoms. The number of sulfone groups is 1. The second kappa shape index (κ2) is 14.8. The Morgan fingerprint density at radius 2 is 1.51 bits per heavy atom. The van der Waals surface area contributed by atoms with Gasteiger partial charge in [-0.1, -0.05) is 42.5 Å². The first-order valence-corrected chi connectivity index (χ1v) is 17.7. The molecule has 1 saturated heterocycles. The minimum Gasteiger partial charge on any atom is -0.349 e. The molecule has 0 radical (unpaired) electrons. The number of alkyl halides is 6. The number of amides is 1. The molecule has 0 bridgehead atoms. The van der Waals surface area contributed by atoms with Crippen LogP contribution in [-0.2, 0) is 36.3 Å². The fourth-order valence-electron chi connectivity index (χ4n) is 6.90. The molecule has 3 aromatic carbocycles. The van der Waals surface area contributed by atoms with Gasteiger partial charge in [0.15, 0.2) is 9.84 Å². The zero-order chi connectivity index (χ0) is 39.0. The first-order valence-electron chi connectivity index (χ1n) is 16.2. The maximum atomic E-state index is 14.5. The summed E-state index contributed by atoms with van der Waals surface area (Å²) >= 11 is 0. The Balaban J connectivity index is 1.51. The predicted molar refractivity (Wildman–Crippen MR) is 176 cm³/mol. The van der Waals surface area contributed by atoms with Gasteiger partial charge in [0.2, 0.25) is 5.91 Å². The van der Waals surface area contributed by atoms with Crippen LogP contribution in [0.15, 0.2) is 101 Å². The van der Waals surface area contributed by atoms with Gasteiger partial charge >= 0.3 is 12.4 Å². The van der Waals surface area contributed by atoms with Crippen molar-refractivity contribution in [1.29, 1.82) is 0 Å². The molecule has 0 N–H and O–H groups in total. The summed E-state index contributed by atoms with van der Waals surface area (Å²) in [5.41, 5.74) is -7.08. The van der Waals surface area contributed by atoms with Crippen LogP contribution in [0, 0.1) is 29.3 Å². The van der Waals surface area contributed by atoms with Crippen LogP contribution in [-0.4, -0.2) is 50.9 Å². The number of hydrogen-bond acceptors (Lipinski definition) is 5. The second-order valence-electron chi connectivity index (χ2n) is 13.0. The van der Waals surface area contributed by atoms with Crippen LogP contribution in [0.25, 0.3) is 0 Å². The molecule has 6 nitrogen and oxygen atoms in total. The lowest BCUT2D eigenvalue weighted by atomic mass is 9.69. The van der Waals surface area contributed by atoms with E-state index in [1.54, 1.807) is 17.2 Å². The molecular weight excluding hydrogens is 739 g/mol. The van der Waals surface area contributed by atoms with Crippen molar-refractivity contribution in [2.24, 2.45) is 16.8 Å². The summed E-state index contributed by atoms with van der Waals surface area (Å²) < 4.78 is 160. The largest absolute Gasteiger partial charge is 0.430 e.